The molecule has 0 aliphatic heterocycles. The minimum absolute atomic E-state index is 0.0621. The summed E-state index contributed by atoms with van der Waals surface area (Å²) in [6, 6.07) is 14.7. The van der Waals surface area contributed by atoms with Crippen molar-refractivity contribution in [2.75, 3.05) is 19.0 Å². The van der Waals surface area contributed by atoms with E-state index >= 15 is 0 Å². The molecule has 1 aromatic heterocycles. The number of thiazole rings is 1. The van der Waals surface area contributed by atoms with Gasteiger partial charge in [0.05, 0.1) is 16.8 Å². The summed E-state index contributed by atoms with van der Waals surface area (Å²) in [7, 11) is 4.00. The fourth-order valence-corrected chi connectivity index (χ4v) is 3.63. The fourth-order valence-electron chi connectivity index (χ4n) is 2.66. The van der Waals surface area contributed by atoms with Gasteiger partial charge in [0.2, 0.25) is 4.80 Å². The summed E-state index contributed by atoms with van der Waals surface area (Å²) >= 11 is 1.49. The lowest BCUT2D eigenvalue weighted by molar-refractivity contribution is -0.384. The van der Waals surface area contributed by atoms with E-state index < -0.39 is 4.92 Å². The zero-order valence-electron chi connectivity index (χ0n) is 16.8. The molecule has 0 saturated heterocycles. The molecule has 3 rings (SSSR count). The molecule has 0 N–H and O–H groups in total. The highest BCUT2D eigenvalue weighted by Gasteiger charge is 2.10. The number of benzene rings is 2. The Morgan fingerprint density at radius 3 is 2.31 bits per heavy atom. The van der Waals surface area contributed by atoms with Gasteiger partial charge in [-0.1, -0.05) is 12.1 Å². The molecule has 0 spiro atoms. The summed E-state index contributed by atoms with van der Waals surface area (Å²) < 4.78 is 1.78. The van der Waals surface area contributed by atoms with Crippen molar-refractivity contribution in [2.24, 2.45) is 10.1 Å². The molecule has 1 heterocycles. The second kappa shape index (κ2) is 8.83. The summed E-state index contributed by atoms with van der Waals surface area (Å²) in [5.41, 5.74) is 3.83. The first kappa shape index (κ1) is 20.5. The van der Waals surface area contributed by atoms with E-state index in [0.29, 0.717) is 0 Å². The van der Waals surface area contributed by atoms with Gasteiger partial charge in [0.15, 0.2) is 0 Å². The van der Waals surface area contributed by atoms with Crippen molar-refractivity contribution in [1.82, 2.24) is 4.68 Å². The molecule has 0 aliphatic rings. The monoisotopic (exact) mass is 409 g/mol. The maximum Gasteiger partial charge on any atom is 0.269 e. The van der Waals surface area contributed by atoms with Gasteiger partial charge in [0, 0.05) is 48.9 Å². The van der Waals surface area contributed by atoms with Crippen LogP contribution in [-0.2, 0) is 0 Å². The van der Waals surface area contributed by atoms with Crippen LogP contribution in [-0.4, -0.2) is 36.0 Å². The van der Waals surface area contributed by atoms with Crippen LogP contribution < -0.4 is 9.70 Å². The molecule has 0 atom stereocenters. The van der Waals surface area contributed by atoms with Crippen molar-refractivity contribution in [3.63, 3.8) is 0 Å². The molecule has 29 heavy (non-hydrogen) atoms. The van der Waals surface area contributed by atoms with Crippen molar-refractivity contribution in [2.45, 2.75) is 19.9 Å². The third-order valence-electron chi connectivity index (χ3n) is 4.16. The van der Waals surface area contributed by atoms with Crippen molar-refractivity contribution in [3.05, 3.63) is 74.4 Å². The van der Waals surface area contributed by atoms with E-state index in [2.05, 4.69) is 10.1 Å². The molecule has 8 heteroatoms. The Hall–Kier alpha value is -3.26. The fraction of sp³-hybridized carbons (Fsp3) is 0.238. The highest BCUT2D eigenvalue weighted by Crippen LogP contribution is 2.23. The van der Waals surface area contributed by atoms with Gasteiger partial charge in [-0.05, 0) is 43.7 Å². The smallest absolute Gasteiger partial charge is 0.269 e. The standard InChI is InChI=1S/C21H23N5O2S/c1-15(2)23-21-25(22-13-16-5-9-18(10-6-16)24(3)4)20(14-29-21)17-7-11-19(12-8-17)26(27)28/h5-15H,1-4H3. The molecule has 2 aromatic carbocycles. The number of aromatic nitrogens is 1. The highest BCUT2D eigenvalue weighted by molar-refractivity contribution is 7.07. The Labute approximate surface area is 173 Å². The number of nitro benzene ring substituents is 1. The van der Waals surface area contributed by atoms with Gasteiger partial charge in [0.1, 0.15) is 0 Å². The third-order valence-corrected chi connectivity index (χ3v) is 4.99. The van der Waals surface area contributed by atoms with Gasteiger partial charge >= 0.3 is 0 Å². The molecular formula is C21H23N5O2S. The average molecular weight is 410 g/mol. The van der Waals surface area contributed by atoms with Crippen LogP contribution in [0, 0.1) is 10.1 Å². The maximum atomic E-state index is 10.9. The first-order valence-corrected chi connectivity index (χ1v) is 10.0. The number of anilines is 1. The average Bonchev–Trinajstić information content (AvgIpc) is 3.08. The molecule has 0 saturated carbocycles. The van der Waals surface area contributed by atoms with Gasteiger partial charge in [-0.3, -0.25) is 15.1 Å². The Balaban J connectivity index is 2.01. The quantitative estimate of drug-likeness (QED) is 0.344. The van der Waals surface area contributed by atoms with Crippen molar-refractivity contribution >= 4 is 28.9 Å². The van der Waals surface area contributed by atoms with Crippen LogP contribution in [0.15, 0.2) is 64.0 Å². The largest absolute Gasteiger partial charge is 0.378 e. The zero-order chi connectivity index (χ0) is 21.0. The topological polar surface area (TPSA) is 76.0 Å². The summed E-state index contributed by atoms with van der Waals surface area (Å²) in [6.45, 7) is 4.03. The summed E-state index contributed by atoms with van der Waals surface area (Å²) in [6.07, 6.45) is 1.79. The van der Waals surface area contributed by atoms with Crippen LogP contribution in [0.25, 0.3) is 11.3 Å². The lowest BCUT2D eigenvalue weighted by Gasteiger charge is -2.11. The van der Waals surface area contributed by atoms with Crippen LogP contribution in [0.1, 0.15) is 19.4 Å². The van der Waals surface area contributed by atoms with E-state index in [1.54, 1.807) is 23.0 Å². The van der Waals surface area contributed by atoms with Gasteiger partial charge in [-0.2, -0.15) is 5.10 Å². The van der Waals surface area contributed by atoms with Gasteiger partial charge < -0.3 is 4.90 Å². The molecule has 0 fully saturated rings. The summed E-state index contributed by atoms with van der Waals surface area (Å²) in [4.78, 5) is 18.0. The van der Waals surface area contributed by atoms with Crippen molar-refractivity contribution in [1.29, 1.82) is 0 Å². The molecule has 0 unspecified atom stereocenters. The predicted octanol–water partition coefficient (Wildman–Crippen LogP) is 4.38. The minimum atomic E-state index is -0.402. The second-order valence-electron chi connectivity index (χ2n) is 6.97. The molecular weight excluding hydrogens is 386 g/mol. The Morgan fingerprint density at radius 1 is 1.10 bits per heavy atom. The predicted molar refractivity (Wildman–Crippen MR) is 119 cm³/mol. The van der Waals surface area contributed by atoms with Gasteiger partial charge in [-0.25, -0.2) is 4.68 Å². The van der Waals surface area contributed by atoms with Gasteiger partial charge in [0.25, 0.3) is 5.69 Å². The van der Waals surface area contributed by atoms with Crippen LogP contribution in [0.3, 0.4) is 0 Å². The summed E-state index contributed by atoms with van der Waals surface area (Å²) in [5, 5.41) is 17.6. The van der Waals surface area contributed by atoms with Crippen molar-refractivity contribution < 1.29 is 4.92 Å². The van der Waals surface area contributed by atoms with Crippen LogP contribution in [0.2, 0.25) is 0 Å². The number of hydrogen-bond donors (Lipinski definition) is 0. The third kappa shape index (κ3) is 4.97. The molecule has 150 valence electrons. The normalized spacial score (nSPS) is 12.1. The van der Waals surface area contributed by atoms with Crippen LogP contribution in [0.4, 0.5) is 11.4 Å². The van der Waals surface area contributed by atoms with Crippen molar-refractivity contribution in [3.8, 4) is 11.3 Å². The lowest BCUT2D eigenvalue weighted by Crippen LogP contribution is -2.14. The molecule has 0 amide bonds. The van der Waals surface area contributed by atoms with Crippen LogP contribution >= 0.6 is 11.3 Å². The number of rotatable bonds is 6. The van der Waals surface area contributed by atoms with Crippen LogP contribution in [0.5, 0.6) is 0 Å². The highest BCUT2D eigenvalue weighted by atomic mass is 32.1. The van der Waals surface area contributed by atoms with E-state index in [4.69, 9.17) is 0 Å². The van der Waals surface area contributed by atoms with E-state index in [0.717, 1.165) is 27.3 Å². The van der Waals surface area contributed by atoms with E-state index in [-0.39, 0.29) is 11.7 Å². The maximum absolute atomic E-state index is 10.9. The number of nitro groups is 1. The molecule has 0 aliphatic carbocycles. The molecule has 0 radical (unpaired) electrons. The number of nitrogens with zero attached hydrogens (tertiary/aromatic N) is 5. The zero-order valence-corrected chi connectivity index (χ0v) is 17.6. The lowest BCUT2D eigenvalue weighted by atomic mass is 10.1. The Morgan fingerprint density at radius 2 is 1.76 bits per heavy atom. The SMILES string of the molecule is CC(C)N=c1scc(-c2ccc([N+](=O)[O-])cc2)n1N=Cc1ccc(N(C)C)cc1. The molecule has 3 aromatic rings. The second-order valence-corrected chi connectivity index (χ2v) is 7.81. The first-order chi connectivity index (χ1) is 13.8. The number of non-ortho nitro benzene ring substituents is 1. The minimum Gasteiger partial charge on any atom is -0.378 e. The van der Waals surface area contributed by atoms with E-state index in [9.17, 15) is 10.1 Å². The van der Waals surface area contributed by atoms with E-state index in [1.165, 1.54) is 23.5 Å². The van der Waals surface area contributed by atoms with E-state index in [1.807, 2.05) is 62.5 Å². The molecule has 7 nitrogen and oxygen atoms in total. The Bertz CT molecular complexity index is 1080. The first-order valence-electron chi connectivity index (χ1n) is 9.16. The van der Waals surface area contributed by atoms with Gasteiger partial charge in [-0.15, -0.1) is 11.3 Å². The summed E-state index contributed by atoms with van der Waals surface area (Å²) in [5.74, 6) is 0. The number of hydrogen-bond acceptors (Lipinski definition) is 6. The Kier molecular flexibility index (Phi) is 6.23. The molecule has 0 bridgehead atoms.